The van der Waals surface area contributed by atoms with Crippen molar-refractivity contribution >= 4 is 77.9 Å². The fraction of sp³-hybridized carbons (Fsp3) is 0.571. The van der Waals surface area contributed by atoms with Gasteiger partial charge in [-0.2, -0.15) is 0 Å². The normalized spacial score (nSPS) is 24.5. The molecule has 2 saturated heterocycles. The zero-order valence-corrected chi connectivity index (χ0v) is 27.9. The number of carbonyl (C=O) groups is 1. The Morgan fingerprint density at radius 3 is 2.43 bits per heavy atom. The average Bonchev–Trinajstić information content (AvgIpc) is 3.33. The van der Waals surface area contributed by atoms with Crippen molar-refractivity contribution in [2.24, 2.45) is 0 Å². The van der Waals surface area contributed by atoms with Gasteiger partial charge in [-0.25, -0.2) is 8.42 Å². The van der Waals surface area contributed by atoms with E-state index in [0.29, 0.717) is 36.3 Å². The van der Waals surface area contributed by atoms with Gasteiger partial charge in [0.15, 0.2) is 0 Å². The van der Waals surface area contributed by atoms with Crippen LogP contribution in [-0.4, -0.2) is 67.7 Å². The molecule has 14 heteroatoms. The number of hydrogen-bond acceptors (Lipinski definition) is 10. The first-order valence-corrected chi connectivity index (χ1v) is 15.5. The second-order valence-electron chi connectivity index (χ2n) is 8.07. The molecule has 0 bridgehead atoms. The molecule has 188 valence electrons. The van der Waals surface area contributed by atoms with Gasteiger partial charge in [-0.1, -0.05) is 30.9 Å². The number of nitrogens with zero attached hydrogens (tertiary/aromatic N) is 3. The summed E-state index contributed by atoms with van der Waals surface area (Å²) in [7, 11) is -4.36. The second-order valence-corrected chi connectivity index (χ2v) is 13.6. The molecule has 3 rings (SSSR count). The Hall–Kier alpha value is 0.516. The monoisotopic (exact) mass is 601 g/mol. The Kier molecular flexibility index (Phi) is 11.8. The number of rotatable bonds is 7. The maximum absolute atomic E-state index is 13.2. The van der Waals surface area contributed by atoms with Gasteiger partial charge in [-0.15, -0.1) is 23.1 Å². The number of aromatic nitrogens is 1. The largest absolute Gasteiger partial charge is 1.00 e. The van der Waals surface area contributed by atoms with Gasteiger partial charge in [0, 0.05) is 36.7 Å². The first-order valence-electron chi connectivity index (χ1n) is 11.0. The predicted molar refractivity (Wildman–Crippen MR) is 144 cm³/mol. The van der Waals surface area contributed by atoms with Crippen LogP contribution in [0.5, 0.6) is 0 Å². The Bertz CT molecular complexity index is 1320. The number of thiazole rings is 1. The maximum Gasteiger partial charge on any atom is 1.00 e. The zero-order chi connectivity index (χ0) is 25.4. The molecule has 0 spiro atoms. The van der Waals surface area contributed by atoms with E-state index in [1.165, 1.54) is 16.2 Å². The van der Waals surface area contributed by atoms with E-state index in [4.69, 9.17) is 12.2 Å². The number of thiocarbonyl (C=S) groups is 1. The van der Waals surface area contributed by atoms with E-state index >= 15 is 0 Å². The fourth-order valence-electron chi connectivity index (χ4n) is 3.86. The molecule has 0 aliphatic carbocycles. The number of carbonyl (C=O) groups excluding carboxylic acids is 1. The van der Waals surface area contributed by atoms with Crippen molar-refractivity contribution in [1.82, 2.24) is 14.4 Å². The SMILES string of the molecule is CCN1/C(=C\C(C)=c2\s/c(=C3\SC(=S)N(CCCS(=O)(=O)[O-])C3=O)n(CC)c2=O)SC(C)C1C.[K+]. The molecule has 2 fully saturated rings. The van der Waals surface area contributed by atoms with Gasteiger partial charge in [-0.3, -0.25) is 19.1 Å². The third kappa shape index (κ3) is 7.14. The fourth-order valence-corrected chi connectivity index (χ4v) is 8.38. The molecule has 0 saturated carbocycles. The molecule has 3 heterocycles. The van der Waals surface area contributed by atoms with Crippen molar-refractivity contribution in [3.8, 4) is 0 Å². The van der Waals surface area contributed by atoms with Gasteiger partial charge in [-0.05, 0) is 45.8 Å². The number of allylic oxidation sites excluding steroid dienone is 1. The van der Waals surface area contributed by atoms with E-state index in [9.17, 15) is 22.6 Å². The summed E-state index contributed by atoms with van der Waals surface area (Å²) in [6.07, 6.45) is 2.06. The third-order valence-corrected chi connectivity index (χ3v) is 10.9. The quantitative estimate of drug-likeness (QED) is 0.214. The van der Waals surface area contributed by atoms with Crippen molar-refractivity contribution in [1.29, 1.82) is 0 Å². The van der Waals surface area contributed by atoms with Gasteiger partial charge < -0.3 is 9.45 Å². The summed E-state index contributed by atoms with van der Waals surface area (Å²) in [4.78, 5) is 30.3. The number of hydrogen-bond donors (Lipinski definition) is 0. The topological polar surface area (TPSA) is 103 Å². The van der Waals surface area contributed by atoms with Crippen LogP contribution >= 0.6 is 47.1 Å². The Labute approximate surface area is 266 Å². The molecule has 1 aromatic heterocycles. The van der Waals surface area contributed by atoms with E-state index < -0.39 is 15.9 Å². The van der Waals surface area contributed by atoms with Crippen LogP contribution in [0.1, 0.15) is 41.0 Å². The number of thioether (sulfide) groups is 2. The molecule has 0 radical (unpaired) electrons. The van der Waals surface area contributed by atoms with Crippen LogP contribution in [0.25, 0.3) is 10.5 Å². The summed E-state index contributed by atoms with van der Waals surface area (Å²) < 4.78 is 35.7. The van der Waals surface area contributed by atoms with Crippen molar-refractivity contribution < 1.29 is 69.1 Å². The molecular weight excluding hydrogens is 574 g/mol. The van der Waals surface area contributed by atoms with Crippen LogP contribution in [0.2, 0.25) is 0 Å². The summed E-state index contributed by atoms with van der Waals surface area (Å²) in [6, 6.07) is 0.409. The molecule has 2 atom stereocenters. The molecule has 0 N–H and O–H groups in total. The second kappa shape index (κ2) is 13.0. The van der Waals surface area contributed by atoms with Crippen LogP contribution in [0.15, 0.2) is 15.9 Å². The first kappa shape index (κ1) is 31.7. The maximum atomic E-state index is 13.2. The van der Waals surface area contributed by atoms with Crippen LogP contribution in [0, 0.1) is 0 Å². The summed E-state index contributed by atoms with van der Waals surface area (Å²) in [5.41, 5.74) is 0.702. The van der Waals surface area contributed by atoms with Gasteiger partial charge >= 0.3 is 51.4 Å². The van der Waals surface area contributed by atoms with Gasteiger partial charge in [0.05, 0.1) is 19.7 Å². The third-order valence-electron chi connectivity index (χ3n) is 5.82. The molecule has 0 aromatic carbocycles. The zero-order valence-electron chi connectivity index (χ0n) is 20.7. The van der Waals surface area contributed by atoms with Gasteiger partial charge in [0.25, 0.3) is 11.5 Å². The minimum atomic E-state index is -4.36. The van der Waals surface area contributed by atoms with Crippen molar-refractivity contribution in [2.75, 3.05) is 18.8 Å². The van der Waals surface area contributed by atoms with E-state index in [1.54, 1.807) is 16.3 Å². The van der Waals surface area contributed by atoms with E-state index in [0.717, 1.165) is 28.9 Å². The minimum absolute atomic E-state index is 0. The minimum Gasteiger partial charge on any atom is -0.748 e. The van der Waals surface area contributed by atoms with Crippen LogP contribution in [0.4, 0.5) is 0 Å². The average molecular weight is 602 g/mol. The van der Waals surface area contributed by atoms with Crippen molar-refractivity contribution in [2.45, 2.75) is 58.9 Å². The van der Waals surface area contributed by atoms with E-state index in [-0.39, 0.29) is 75.8 Å². The summed E-state index contributed by atoms with van der Waals surface area (Å²) in [6.45, 7) is 11.6. The smallest absolute Gasteiger partial charge is 0.748 e. The first-order chi connectivity index (χ1) is 15.9. The summed E-state index contributed by atoms with van der Waals surface area (Å²) >= 11 is 9.51. The standard InChI is InChI=1S/C21H29N3O5S5.K/c1-6-22-13(4)14(5)31-15(22)11-12(3)16-18(25)23(7-2)20(32-16)17-19(26)24(21(30)33-17)9-8-10-34(27,28)29;/h11,13-14H,6-10H2,1-5H3,(H,27,28,29);/q;+1/p-1/b15-11+,16-12+,20-17-;. The van der Waals surface area contributed by atoms with Crippen molar-refractivity contribution in [3.05, 3.63) is 30.7 Å². The molecule has 35 heavy (non-hydrogen) atoms. The predicted octanol–water partition coefficient (Wildman–Crippen LogP) is -1.30. The Morgan fingerprint density at radius 2 is 1.86 bits per heavy atom. The summed E-state index contributed by atoms with van der Waals surface area (Å²) in [5.74, 6) is -0.926. The van der Waals surface area contributed by atoms with Crippen LogP contribution in [-0.2, 0) is 21.5 Å². The molecule has 2 aliphatic rings. The van der Waals surface area contributed by atoms with Gasteiger partial charge in [0.2, 0.25) is 0 Å². The van der Waals surface area contributed by atoms with Gasteiger partial charge in [0.1, 0.15) is 13.9 Å². The molecule has 1 aromatic rings. The molecular formula is C21H28KN3O5S5. The number of amides is 1. The van der Waals surface area contributed by atoms with Crippen LogP contribution < -0.4 is 66.1 Å². The van der Waals surface area contributed by atoms with E-state index in [1.807, 2.05) is 13.8 Å². The van der Waals surface area contributed by atoms with E-state index in [2.05, 4.69) is 31.7 Å². The van der Waals surface area contributed by atoms with Crippen molar-refractivity contribution in [3.63, 3.8) is 0 Å². The Balaban J connectivity index is 0.00000432. The molecule has 2 aliphatic heterocycles. The molecule has 8 nitrogen and oxygen atoms in total. The summed E-state index contributed by atoms with van der Waals surface area (Å²) in [5, 5.41) is 1.59. The molecule has 1 amide bonds. The van der Waals surface area contributed by atoms with Crippen LogP contribution in [0.3, 0.4) is 0 Å². The molecule has 2 unspecified atom stereocenters. The Morgan fingerprint density at radius 1 is 1.20 bits per heavy atom.